The van der Waals surface area contributed by atoms with E-state index >= 15 is 0 Å². The fourth-order valence-electron chi connectivity index (χ4n) is 2.61. The monoisotopic (exact) mass is 320 g/mol. The van der Waals surface area contributed by atoms with E-state index in [1.54, 1.807) is 7.11 Å². The Morgan fingerprint density at radius 1 is 1.00 bits per heavy atom. The molecular weight excluding hydrogens is 288 g/mol. The molecule has 0 fully saturated rings. The highest BCUT2D eigenvalue weighted by Gasteiger charge is 2.15. The van der Waals surface area contributed by atoms with Crippen LogP contribution in [-0.4, -0.2) is 25.8 Å². The minimum absolute atomic E-state index is 0.149. The number of aryl methyl sites for hydroxylation is 1. The summed E-state index contributed by atoms with van der Waals surface area (Å²) in [5.74, 6) is -0.249. The zero-order valence-corrected chi connectivity index (χ0v) is 15.0. The zero-order valence-electron chi connectivity index (χ0n) is 15.0. The predicted molar refractivity (Wildman–Crippen MR) is 94.9 cm³/mol. The third-order valence-electron chi connectivity index (χ3n) is 4.10. The van der Waals surface area contributed by atoms with Crippen molar-refractivity contribution < 1.29 is 14.3 Å². The molecule has 1 rings (SSSR count). The number of methoxy groups -OCH3 is 1. The molecule has 0 bridgehead atoms. The van der Waals surface area contributed by atoms with Crippen LogP contribution in [0, 0.1) is 0 Å². The number of carbonyl (C=O) groups is 1. The Kier molecular flexibility index (Phi) is 10.4. The average molecular weight is 320 g/mol. The highest BCUT2D eigenvalue weighted by molar-refractivity contribution is 5.89. The molecule has 0 radical (unpaired) electrons. The maximum atomic E-state index is 12.2. The number of unbranched alkanes of at least 4 members (excludes halogenated alkanes) is 5. The van der Waals surface area contributed by atoms with Crippen LogP contribution in [0.5, 0.6) is 0 Å². The molecular formula is C20H32O3. The zero-order chi connectivity index (χ0) is 16.9. The molecule has 1 aromatic rings. The van der Waals surface area contributed by atoms with Gasteiger partial charge in [0.2, 0.25) is 0 Å². The summed E-state index contributed by atoms with van der Waals surface area (Å²) in [5.41, 5.74) is 1.84. The minimum atomic E-state index is -0.249. The van der Waals surface area contributed by atoms with Gasteiger partial charge in [0.25, 0.3) is 0 Å². The van der Waals surface area contributed by atoms with Gasteiger partial charge in [-0.05, 0) is 37.0 Å². The van der Waals surface area contributed by atoms with Crippen molar-refractivity contribution in [2.75, 3.05) is 13.7 Å². The highest BCUT2D eigenvalue weighted by Crippen LogP contribution is 2.13. The Bertz CT molecular complexity index is 425. The Morgan fingerprint density at radius 2 is 1.65 bits per heavy atom. The summed E-state index contributed by atoms with van der Waals surface area (Å²) < 4.78 is 10.8. The van der Waals surface area contributed by atoms with Gasteiger partial charge in [-0.15, -0.1) is 0 Å². The number of benzene rings is 1. The Balaban J connectivity index is 2.39. The Morgan fingerprint density at radius 3 is 2.26 bits per heavy atom. The van der Waals surface area contributed by atoms with Crippen LogP contribution < -0.4 is 0 Å². The summed E-state index contributed by atoms with van der Waals surface area (Å²) in [4.78, 5) is 12.2. The summed E-state index contributed by atoms with van der Waals surface area (Å²) >= 11 is 0. The van der Waals surface area contributed by atoms with Crippen LogP contribution in [-0.2, 0) is 15.9 Å². The third-order valence-corrected chi connectivity index (χ3v) is 4.10. The molecule has 0 spiro atoms. The van der Waals surface area contributed by atoms with E-state index in [0.717, 1.165) is 19.3 Å². The number of rotatable bonds is 12. The number of esters is 1. The van der Waals surface area contributed by atoms with Crippen molar-refractivity contribution in [2.24, 2.45) is 0 Å². The lowest BCUT2D eigenvalue weighted by Crippen LogP contribution is -2.23. The SMILES string of the molecule is CCCCCCCCC(COC)OC(=O)c1ccc(CC)cc1. The molecule has 0 aromatic heterocycles. The predicted octanol–water partition coefficient (Wildman–Crippen LogP) is 5.17. The van der Waals surface area contributed by atoms with E-state index in [4.69, 9.17) is 9.47 Å². The molecule has 0 heterocycles. The second-order valence-electron chi connectivity index (χ2n) is 6.09. The lowest BCUT2D eigenvalue weighted by atomic mass is 10.1. The van der Waals surface area contributed by atoms with Crippen LogP contribution in [0.2, 0.25) is 0 Å². The van der Waals surface area contributed by atoms with Gasteiger partial charge in [-0.1, -0.05) is 58.1 Å². The molecule has 0 aliphatic heterocycles. The van der Waals surface area contributed by atoms with Crippen molar-refractivity contribution in [3.8, 4) is 0 Å². The fourth-order valence-corrected chi connectivity index (χ4v) is 2.61. The van der Waals surface area contributed by atoms with E-state index in [9.17, 15) is 4.79 Å². The molecule has 130 valence electrons. The van der Waals surface area contributed by atoms with Gasteiger partial charge >= 0.3 is 5.97 Å². The van der Waals surface area contributed by atoms with Gasteiger partial charge in [0, 0.05) is 7.11 Å². The summed E-state index contributed by atoms with van der Waals surface area (Å²) in [5, 5.41) is 0. The number of hydrogen-bond acceptors (Lipinski definition) is 3. The molecule has 3 heteroatoms. The standard InChI is InChI=1S/C20H32O3/c1-4-6-7-8-9-10-11-19(16-22-3)23-20(21)18-14-12-17(5-2)13-15-18/h12-15,19H,4-11,16H2,1-3H3. The first-order valence-corrected chi connectivity index (χ1v) is 9.00. The van der Waals surface area contributed by atoms with Gasteiger partial charge in [0.1, 0.15) is 6.10 Å². The second-order valence-corrected chi connectivity index (χ2v) is 6.09. The number of hydrogen-bond donors (Lipinski definition) is 0. The first-order valence-electron chi connectivity index (χ1n) is 9.00. The van der Waals surface area contributed by atoms with E-state index in [-0.39, 0.29) is 12.1 Å². The third kappa shape index (κ3) is 8.17. The highest BCUT2D eigenvalue weighted by atomic mass is 16.6. The van der Waals surface area contributed by atoms with E-state index in [1.807, 2.05) is 24.3 Å². The van der Waals surface area contributed by atoms with Crippen LogP contribution in [0.15, 0.2) is 24.3 Å². The Hall–Kier alpha value is -1.35. The topological polar surface area (TPSA) is 35.5 Å². The van der Waals surface area contributed by atoms with Crippen molar-refractivity contribution in [2.45, 2.75) is 71.3 Å². The summed E-state index contributed by atoms with van der Waals surface area (Å²) in [6.45, 7) is 4.79. The largest absolute Gasteiger partial charge is 0.456 e. The van der Waals surface area contributed by atoms with Crippen LogP contribution in [0.1, 0.15) is 74.7 Å². The van der Waals surface area contributed by atoms with Crippen LogP contribution in [0.4, 0.5) is 0 Å². The average Bonchev–Trinajstić information content (AvgIpc) is 2.58. The van der Waals surface area contributed by atoms with Gasteiger partial charge in [-0.3, -0.25) is 0 Å². The van der Waals surface area contributed by atoms with E-state index in [1.165, 1.54) is 37.7 Å². The van der Waals surface area contributed by atoms with Crippen molar-refractivity contribution in [3.05, 3.63) is 35.4 Å². The number of carbonyl (C=O) groups excluding carboxylic acids is 1. The molecule has 0 aliphatic rings. The first kappa shape index (κ1) is 19.7. The quantitative estimate of drug-likeness (QED) is 0.393. The molecule has 23 heavy (non-hydrogen) atoms. The van der Waals surface area contributed by atoms with E-state index in [0.29, 0.717) is 12.2 Å². The molecule has 0 amide bonds. The van der Waals surface area contributed by atoms with Crippen LogP contribution in [0.25, 0.3) is 0 Å². The van der Waals surface area contributed by atoms with E-state index in [2.05, 4.69) is 13.8 Å². The maximum absolute atomic E-state index is 12.2. The molecule has 0 saturated heterocycles. The molecule has 0 N–H and O–H groups in total. The summed E-state index contributed by atoms with van der Waals surface area (Å²) in [7, 11) is 1.65. The number of ether oxygens (including phenoxy) is 2. The van der Waals surface area contributed by atoms with Crippen molar-refractivity contribution in [3.63, 3.8) is 0 Å². The van der Waals surface area contributed by atoms with Gasteiger partial charge in [-0.2, -0.15) is 0 Å². The second kappa shape index (κ2) is 12.1. The summed E-state index contributed by atoms with van der Waals surface area (Å²) in [6, 6.07) is 7.65. The van der Waals surface area contributed by atoms with E-state index < -0.39 is 0 Å². The van der Waals surface area contributed by atoms with Crippen LogP contribution in [0.3, 0.4) is 0 Å². The minimum Gasteiger partial charge on any atom is -0.456 e. The van der Waals surface area contributed by atoms with Gasteiger partial charge in [0.05, 0.1) is 12.2 Å². The molecule has 1 unspecified atom stereocenters. The lowest BCUT2D eigenvalue weighted by Gasteiger charge is -2.17. The Labute approximate surface area is 141 Å². The maximum Gasteiger partial charge on any atom is 0.338 e. The smallest absolute Gasteiger partial charge is 0.338 e. The van der Waals surface area contributed by atoms with Gasteiger partial charge in [-0.25, -0.2) is 4.79 Å². The molecule has 0 saturated carbocycles. The van der Waals surface area contributed by atoms with Crippen molar-refractivity contribution in [1.29, 1.82) is 0 Å². The first-order chi connectivity index (χ1) is 11.2. The molecule has 3 nitrogen and oxygen atoms in total. The molecule has 1 atom stereocenters. The fraction of sp³-hybridized carbons (Fsp3) is 0.650. The van der Waals surface area contributed by atoms with Crippen molar-refractivity contribution >= 4 is 5.97 Å². The normalized spacial score (nSPS) is 12.1. The summed E-state index contributed by atoms with van der Waals surface area (Å²) in [6.07, 6.45) is 9.12. The van der Waals surface area contributed by atoms with Crippen molar-refractivity contribution in [1.82, 2.24) is 0 Å². The molecule has 0 aliphatic carbocycles. The van der Waals surface area contributed by atoms with Gasteiger partial charge in [0.15, 0.2) is 0 Å². The van der Waals surface area contributed by atoms with Crippen LogP contribution >= 0.6 is 0 Å². The molecule has 1 aromatic carbocycles. The lowest BCUT2D eigenvalue weighted by molar-refractivity contribution is 0.00237. The van der Waals surface area contributed by atoms with Gasteiger partial charge < -0.3 is 9.47 Å².